The Morgan fingerprint density at radius 2 is 1.88 bits per heavy atom. The molecule has 1 heterocycles. The third kappa shape index (κ3) is 4.15. The normalized spacial score (nSPS) is 20.1. The highest BCUT2D eigenvalue weighted by Crippen LogP contribution is 2.33. The lowest BCUT2D eigenvalue weighted by molar-refractivity contribution is 0.0518. The van der Waals surface area contributed by atoms with Gasteiger partial charge >= 0.3 is 0 Å². The Bertz CT molecular complexity index is 200. The predicted molar refractivity (Wildman–Crippen MR) is 79.7 cm³/mol. The van der Waals surface area contributed by atoms with E-state index in [2.05, 4.69) is 37.4 Å². The van der Waals surface area contributed by atoms with Crippen molar-refractivity contribution in [3.63, 3.8) is 0 Å². The van der Waals surface area contributed by atoms with E-state index in [1.807, 2.05) is 0 Å². The molecular weight excluding hydrogens is 228 g/mol. The molecule has 0 amide bonds. The summed E-state index contributed by atoms with van der Waals surface area (Å²) in [6.45, 7) is 8.98. The Morgan fingerprint density at radius 1 is 1.24 bits per heavy atom. The van der Waals surface area contributed by atoms with E-state index in [1.165, 1.54) is 50.2 Å². The summed E-state index contributed by atoms with van der Waals surface area (Å²) in [6.07, 6.45) is 6.52. The molecule has 0 aromatic heterocycles. The van der Waals surface area contributed by atoms with E-state index in [0.29, 0.717) is 11.6 Å². The molecule has 0 atom stereocenters. The van der Waals surface area contributed by atoms with Gasteiger partial charge < -0.3 is 5.73 Å². The van der Waals surface area contributed by atoms with Gasteiger partial charge in [0.1, 0.15) is 0 Å². The highest BCUT2D eigenvalue weighted by Gasteiger charge is 2.37. The molecule has 0 radical (unpaired) electrons. The topological polar surface area (TPSA) is 29.3 Å². The van der Waals surface area contributed by atoms with Crippen LogP contribution in [0.4, 0.5) is 0 Å². The lowest BCUT2D eigenvalue weighted by atomic mass is 9.88. The van der Waals surface area contributed by atoms with Crippen LogP contribution < -0.4 is 5.73 Å². The van der Waals surface area contributed by atoms with Crippen molar-refractivity contribution in [1.82, 2.24) is 4.90 Å². The summed E-state index contributed by atoms with van der Waals surface area (Å²) in [6, 6.07) is 0.624. The largest absolute Gasteiger partial charge is 0.329 e. The van der Waals surface area contributed by atoms with Crippen LogP contribution in [-0.2, 0) is 0 Å². The molecule has 1 aliphatic heterocycles. The van der Waals surface area contributed by atoms with Crippen LogP contribution in [0.3, 0.4) is 0 Å². The molecule has 0 aliphatic carbocycles. The van der Waals surface area contributed by atoms with E-state index in [0.717, 1.165) is 6.54 Å². The Labute approximate surface area is 112 Å². The van der Waals surface area contributed by atoms with Gasteiger partial charge in [-0.2, -0.15) is 11.8 Å². The van der Waals surface area contributed by atoms with E-state index >= 15 is 0 Å². The molecule has 0 unspecified atom stereocenters. The van der Waals surface area contributed by atoms with E-state index in [9.17, 15) is 0 Å². The third-order valence-electron chi connectivity index (χ3n) is 4.04. The van der Waals surface area contributed by atoms with E-state index in [-0.39, 0.29) is 0 Å². The molecule has 1 fully saturated rings. The predicted octanol–water partition coefficient (Wildman–Crippen LogP) is 3.11. The first-order valence-corrected chi connectivity index (χ1v) is 8.36. The molecule has 1 aliphatic rings. The average Bonchev–Trinajstić information content (AvgIpc) is 2.35. The van der Waals surface area contributed by atoms with Gasteiger partial charge in [0.2, 0.25) is 0 Å². The summed E-state index contributed by atoms with van der Waals surface area (Å²) in [5.41, 5.74) is 6.43. The summed E-state index contributed by atoms with van der Waals surface area (Å²) < 4.78 is 0. The number of hydrogen-bond donors (Lipinski definition) is 1. The highest BCUT2D eigenvalue weighted by molar-refractivity contribution is 7.99. The Balaban J connectivity index is 2.64. The zero-order valence-electron chi connectivity index (χ0n) is 11.9. The third-order valence-corrected chi connectivity index (χ3v) is 5.02. The maximum Gasteiger partial charge on any atom is 0.0350 e. The maximum atomic E-state index is 6.13. The van der Waals surface area contributed by atoms with Crippen molar-refractivity contribution in [2.75, 3.05) is 24.6 Å². The molecule has 0 spiro atoms. The van der Waals surface area contributed by atoms with Crippen molar-refractivity contribution in [2.45, 2.75) is 64.5 Å². The number of thioether (sulfide) groups is 1. The van der Waals surface area contributed by atoms with Crippen molar-refractivity contribution >= 4 is 11.8 Å². The zero-order valence-corrected chi connectivity index (χ0v) is 12.7. The smallest absolute Gasteiger partial charge is 0.0350 e. The van der Waals surface area contributed by atoms with E-state index < -0.39 is 0 Å². The fraction of sp³-hybridized carbons (Fsp3) is 1.00. The summed E-state index contributed by atoms with van der Waals surface area (Å²) >= 11 is 2.09. The quantitative estimate of drug-likeness (QED) is 0.712. The molecule has 1 rings (SSSR count). The summed E-state index contributed by atoms with van der Waals surface area (Å²) in [5, 5.41) is 0. The van der Waals surface area contributed by atoms with Crippen LogP contribution in [-0.4, -0.2) is 41.1 Å². The number of nitrogens with two attached hydrogens (primary N) is 1. The molecule has 2 N–H and O–H groups in total. The highest BCUT2D eigenvalue weighted by atomic mass is 32.2. The van der Waals surface area contributed by atoms with Crippen LogP contribution in [0.15, 0.2) is 0 Å². The van der Waals surface area contributed by atoms with Crippen molar-refractivity contribution in [3.05, 3.63) is 0 Å². The van der Waals surface area contributed by atoms with Crippen molar-refractivity contribution in [2.24, 2.45) is 5.73 Å². The van der Waals surface area contributed by atoms with Gasteiger partial charge in [-0.1, -0.05) is 19.8 Å². The first-order chi connectivity index (χ1) is 8.16. The monoisotopic (exact) mass is 258 g/mol. The molecule has 17 heavy (non-hydrogen) atoms. The first-order valence-electron chi connectivity index (χ1n) is 7.21. The first kappa shape index (κ1) is 15.3. The van der Waals surface area contributed by atoms with Crippen LogP contribution in [0.1, 0.15) is 52.9 Å². The van der Waals surface area contributed by atoms with Crippen molar-refractivity contribution < 1.29 is 0 Å². The molecule has 0 bridgehead atoms. The van der Waals surface area contributed by atoms with Crippen molar-refractivity contribution in [3.8, 4) is 0 Å². The molecular formula is C14H30N2S. The molecule has 1 saturated heterocycles. The zero-order chi connectivity index (χ0) is 12.7. The minimum atomic E-state index is 0.299. The standard InChI is InChI=1S/C14H30N2S/c1-4-5-6-9-16(13(2)3)14(12-15)7-10-17-11-8-14/h13H,4-12,15H2,1-3H3. The van der Waals surface area contributed by atoms with Crippen LogP contribution in [0.5, 0.6) is 0 Å². The lowest BCUT2D eigenvalue weighted by Crippen LogP contribution is -2.58. The summed E-state index contributed by atoms with van der Waals surface area (Å²) in [5.74, 6) is 2.57. The van der Waals surface area contributed by atoms with Gasteiger partial charge in [-0.05, 0) is 51.2 Å². The van der Waals surface area contributed by atoms with Gasteiger partial charge in [0.15, 0.2) is 0 Å². The second-order valence-electron chi connectivity index (χ2n) is 5.54. The number of nitrogens with zero attached hydrogens (tertiary/aromatic N) is 1. The van der Waals surface area contributed by atoms with E-state index in [1.54, 1.807) is 0 Å². The Kier molecular flexibility index (Phi) is 6.90. The molecule has 0 aromatic carbocycles. The van der Waals surface area contributed by atoms with E-state index in [4.69, 9.17) is 5.73 Å². The SMILES string of the molecule is CCCCCN(C(C)C)C1(CN)CCSCC1. The Hall–Kier alpha value is 0.270. The number of unbranched alkanes of at least 4 members (excludes halogenated alkanes) is 2. The van der Waals surface area contributed by atoms with Crippen LogP contribution in [0.25, 0.3) is 0 Å². The Morgan fingerprint density at radius 3 is 2.35 bits per heavy atom. The molecule has 2 nitrogen and oxygen atoms in total. The van der Waals surface area contributed by atoms with Crippen LogP contribution >= 0.6 is 11.8 Å². The summed E-state index contributed by atoms with van der Waals surface area (Å²) in [7, 11) is 0. The van der Waals surface area contributed by atoms with Gasteiger partial charge in [0.25, 0.3) is 0 Å². The molecule has 3 heteroatoms. The van der Waals surface area contributed by atoms with Gasteiger partial charge in [-0.25, -0.2) is 0 Å². The van der Waals surface area contributed by atoms with Crippen molar-refractivity contribution in [1.29, 1.82) is 0 Å². The van der Waals surface area contributed by atoms with Gasteiger partial charge in [-0.15, -0.1) is 0 Å². The minimum absolute atomic E-state index is 0.299. The van der Waals surface area contributed by atoms with Gasteiger partial charge in [-0.3, -0.25) is 4.90 Å². The lowest BCUT2D eigenvalue weighted by Gasteiger charge is -2.48. The fourth-order valence-corrected chi connectivity index (χ4v) is 4.19. The molecule has 0 saturated carbocycles. The molecule has 0 aromatic rings. The average molecular weight is 258 g/mol. The minimum Gasteiger partial charge on any atom is -0.329 e. The fourth-order valence-electron chi connectivity index (χ4n) is 2.94. The molecule has 102 valence electrons. The second kappa shape index (κ2) is 7.65. The van der Waals surface area contributed by atoms with Gasteiger partial charge in [0.05, 0.1) is 0 Å². The second-order valence-corrected chi connectivity index (χ2v) is 6.76. The maximum absolute atomic E-state index is 6.13. The number of rotatable bonds is 7. The van der Waals surface area contributed by atoms with Crippen LogP contribution in [0.2, 0.25) is 0 Å². The summed E-state index contributed by atoms with van der Waals surface area (Å²) in [4.78, 5) is 2.70. The number of hydrogen-bond acceptors (Lipinski definition) is 3. The van der Waals surface area contributed by atoms with Gasteiger partial charge in [0, 0.05) is 18.1 Å². The van der Waals surface area contributed by atoms with Crippen LogP contribution in [0, 0.1) is 0 Å².